The van der Waals surface area contributed by atoms with Gasteiger partial charge in [-0.15, -0.1) is 0 Å². The number of carbonyl (C=O) groups excluding carboxylic acids is 2. The highest BCUT2D eigenvalue weighted by atomic mass is 79.9. The molecule has 3 rings (SSSR count). The van der Waals surface area contributed by atoms with Crippen LogP contribution < -0.4 is 4.90 Å². The summed E-state index contributed by atoms with van der Waals surface area (Å²) in [4.78, 5) is 29.5. The summed E-state index contributed by atoms with van der Waals surface area (Å²) in [6.07, 6.45) is 3.33. The Labute approximate surface area is 118 Å². The highest BCUT2D eigenvalue weighted by Crippen LogP contribution is 2.35. The standard InChI is InChI=1S/C14H9BrN2O2/c15-10-2-1-3-11-12(10)13(18)14(19)17(11)8-9-4-6-16-7-5-9/h1-7H,8H2. The van der Waals surface area contributed by atoms with Crippen molar-refractivity contribution < 1.29 is 9.59 Å². The van der Waals surface area contributed by atoms with E-state index in [1.165, 1.54) is 4.90 Å². The summed E-state index contributed by atoms with van der Waals surface area (Å²) in [5.41, 5.74) is 2.03. The lowest BCUT2D eigenvalue weighted by Crippen LogP contribution is -2.29. The van der Waals surface area contributed by atoms with Crippen LogP contribution in [0.2, 0.25) is 0 Å². The predicted molar refractivity (Wildman–Crippen MR) is 73.9 cm³/mol. The minimum Gasteiger partial charge on any atom is -0.300 e. The zero-order valence-corrected chi connectivity index (χ0v) is 11.4. The molecule has 1 aliphatic rings. The number of pyridine rings is 1. The SMILES string of the molecule is O=C1C(=O)N(Cc2ccncc2)c2cccc(Br)c21. The van der Waals surface area contributed by atoms with Crippen molar-refractivity contribution in [2.24, 2.45) is 0 Å². The highest BCUT2D eigenvalue weighted by molar-refractivity contribution is 9.10. The van der Waals surface area contributed by atoms with Crippen LogP contribution in [-0.4, -0.2) is 16.7 Å². The van der Waals surface area contributed by atoms with E-state index in [9.17, 15) is 9.59 Å². The van der Waals surface area contributed by atoms with Crippen LogP contribution in [0.3, 0.4) is 0 Å². The van der Waals surface area contributed by atoms with Gasteiger partial charge in [0.2, 0.25) is 0 Å². The van der Waals surface area contributed by atoms with Crippen molar-refractivity contribution >= 4 is 33.3 Å². The molecule has 4 nitrogen and oxygen atoms in total. The van der Waals surface area contributed by atoms with Gasteiger partial charge in [-0.2, -0.15) is 0 Å². The first-order valence-electron chi connectivity index (χ1n) is 5.72. The summed E-state index contributed by atoms with van der Waals surface area (Å²) in [6.45, 7) is 0.372. The maximum absolute atomic E-state index is 12.1. The Morgan fingerprint density at radius 1 is 1.11 bits per heavy atom. The number of anilines is 1. The molecule has 1 amide bonds. The Morgan fingerprint density at radius 3 is 2.58 bits per heavy atom. The molecule has 0 radical (unpaired) electrons. The Balaban J connectivity index is 2.03. The molecular weight excluding hydrogens is 308 g/mol. The van der Waals surface area contributed by atoms with Crippen LogP contribution in [0.1, 0.15) is 15.9 Å². The van der Waals surface area contributed by atoms with Crippen LogP contribution in [0.5, 0.6) is 0 Å². The lowest BCUT2D eigenvalue weighted by molar-refractivity contribution is -0.114. The number of benzene rings is 1. The smallest absolute Gasteiger partial charge is 0.299 e. The van der Waals surface area contributed by atoms with Gasteiger partial charge < -0.3 is 4.90 Å². The fourth-order valence-electron chi connectivity index (χ4n) is 2.13. The number of hydrogen-bond donors (Lipinski definition) is 0. The first kappa shape index (κ1) is 12.0. The minimum atomic E-state index is -0.487. The fraction of sp³-hybridized carbons (Fsp3) is 0.0714. The molecule has 94 valence electrons. The third-order valence-corrected chi connectivity index (χ3v) is 3.70. The number of Topliss-reactive ketones (excluding diaryl/α,β-unsaturated/α-hetero) is 1. The number of rotatable bonds is 2. The Kier molecular flexibility index (Phi) is 2.91. The van der Waals surface area contributed by atoms with E-state index in [0.29, 0.717) is 22.3 Å². The van der Waals surface area contributed by atoms with E-state index in [0.717, 1.165) is 5.56 Å². The molecule has 1 aliphatic heterocycles. The molecule has 0 N–H and O–H groups in total. The average Bonchev–Trinajstić information content (AvgIpc) is 2.66. The number of fused-ring (bicyclic) bond motifs is 1. The van der Waals surface area contributed by atoms with Gasteiger partial charge in [0.05, 0.1) is 17.8 Å². The molecule has 0 bridgehead atoms. The van der Waals surface area contributed by atoms with Crippen LogP contribution in [0.4, 0.5) is 5.69 Å². The summed E-state index contributed by atoms with van der Waals surface area (Å²) in [6, 6.07) is 9.01. The van der Waals surface area contributed by atoms with Crippen LogP contribution in [0, 0.1) is 0 Å². The van der Waals surface area contributed by atoms with Crippen LogP contribution >= 0.6 is 15.9 Å². The Bertz CT molecular complexity index is 670. The summed E-state index contributed by atoms with van der Waals surface area (Å²) in [7, 11) is 0. The lowest BCUT2D eigenvalue weighted by Gasteiger charge is -2.16. The molecule has 1 aromatic carbocycles. The largest absolute Gasteiger partial charge is 0.300 e. The van der Waals surface area contributed by atoms with Gasteiger partial charge in [-0.05, 0) is 45.8 Å². The van der Waals surface area contributed by atoms with Gasteiger partial charge in [0.25, 0.3) is 11.7 Å². The van der Waals surface area contributed by atoms with E-state index in [1.54, 1.807) is 24.5 Å². The predicted octanol–water partition coefficient (Wildman–Crippen LogP) is 2.57. The molecule has 0 atom stereocenters. The quantitative estimate of drug-likeness (QED) is 0.800. The van der Waals surface area contributed by atoms with E-state index < -0.39 is 11.7 Å². The van der Waals surface area contributed by atoms with Crippen molar-refractivity contribution in [3.8, 4) is 0 Å². The number of carbonyl (C=O) groups is 2. The van der Waals surface area contributed by atoms with Crippen molar-refractivity contribution in [1.82, 2.24) is 4.98 Å². The molecule has 0 fully saturated rings. The van der Waals surface area contributed by atoms with E-state index in [-0.39, 0.29) is 0 Å². The molecule has 2 aromatic rings. The topological polar surface area (TPSA) is 50.3 Å². The van der Waals surface area contributed by atoms with Gasteiger partial charge in [0.1, 0.15) is 0 Å². The normalized spacial score (nSPS) is 13.8. The minimum absolute atomic E-state index is 0.372. The molecule has 0 unspecified atom stereocenters. The molecule has 5 heteroatoms. The van der Waals surface area contributed by atoms with Crippen molar-refractivity contribution in [1.29, 1.82) is 0 Å². The molecule has 0 saturated carbocycles. The number of aromatic nitrogens is 1. The van der Waals surface area contributed by atoms with Gasteiger partial charge in [-0.1, -0.05) is 6.07 Å². The lowest BCUT2D eigenvalue weighted by atomic mass is 10.1. The Morgan fingerprint density at radius 2 is 1.84 bits per heavy atom. The molecule has 0 saturated heterocycles. The van der Waals surface area contributed by atoms with Gasteiger partial charge in [-0.3, -0.25) is 14.6 Å². The second-order valence-corrected chi connectivity index (χ2v) is 5.06. The average molecular weight is 317 g/mol. The second kappa shape index (κ2) is 4.59. The molecule has 0 spiro atoms. The fourth-order valence-corrected chi connectivity index (χ4v) is 2.66. The van der Waals surface area contributed by atoms with Gasteiger partial charge in [0, 0.05) is 16.9 Å². The Hall–Kier alpha value is -2.01. The van der Waals surface area contributed by atoms with Crippen LogP contribution in [-0.2, 0) is 11.3 Å². The van der Waals surface area contributed by atoms with E-state index in [2.05, 4.69) is 20.9 Å². The van der Waals surface area contributed by atoms with Gasteiger partial charge >= 0.3 is 0 Å². The third-order valence-electron chi connectivity index (χ3n) is 3.04. The maximum Gasteiger partial charge on any atom is 0.299 e. The summed E-state index contributed by atoms with van der Waals surface area (Å²) in [5, 5.41) is 0. The summed E-state index contributed by atoms with van der Waals surface area (Å²) < 4.78 is 0.653. The van der Waals surface area contributed by atoms with Crippen molar-refractivity contribution in [3.63, 3.8) is 0 Å². The highest BCUT2D eigenvalue weighted by Gasteiger charge is 2.37. The number of halogens is 1. The zero-order valence-electron chi connectivity index (χ0n) is 9.84. The number of ketones is 1. The first-order valence-corrected chi connectivity index (χ1v) is 6.51. The second-order valence-electron chi connectivity index (χ2n) is 4.21. The monoisotopic (exact) mass is 316 g/mol. The molecule has 1 aromatic heterocycles. The van der Waals surface area contributed by atoms with Crippen LogP contribution in [0.15, 0.2) is 47.2 Å². The number of amides is 1. The van der Waals surface area contributed by atoms with Crippen LogP contribution in [0.25, 0.3) is 0 Å². The van der Waals surface area contributed by atoms with E-state index in [4.69, 9.17) is 0 Å². The first-order chi connectivity index (χ1) is 9.18. The number of nitrogens with zero attached hydrogens (tertiary/aromatic N) is 2. The van der Waals surface area contributed by atoms with Crippen molar-refractivity contribution in [2.75, 3.05) is 4.90 Å². The summed E-state index contributed by atoms with van der Waals surface area (Å²) in [5.74, 6) is -0.949. The molecule has 0 aliphatic carbocycles. The maximum atomic E-state index is 12.1. The zero-order chi connectivity index (χ0) is 13.4. The van der Waals surface area contributed by atoms with Gasteiger partial charge in [0.15, 0.2) is 0 Å². The van der Waals surface area contributed by atoms with Crippen molar-refractivity contribution in [2.45, 2.75) is 6.54 Å². The number of hydrogen-bond acceptors (Lipinski definition) is 3. The molecular formula is C14H9BrN2O2. The third kappa shape index (κ3) is 1.96. The van der Waals surface area contributed by atoms with Gasteiger partial charge in [-0.25, -0.2) is 0 Å². The summed E-state index contributed by atoms with van der Waals surface area (Å²) >= 11 is 3.32. The molecule has 19 heavy (non-hydrogen) atoms. The van der Waals surface area contributed by atoms with Crippen molar-refractivity contribution in [3.05, 3.63) is 58.3 Å². The van der Waals surface area contributed by atoms with E-state index >= 15 is 0 Å². The molecule has 2 heterocycles. The van der Waals surface area contributed by atoms with E-state index in [1.807, 2.05) is 18.2 Å².